The summed E-state index contributed by atoms with van der Waals surface area (Å²) in [5.74, 6) is 0. The first kappa shape index (κ1) is 21.3. The van der Waals surface area contributed by atoms with E-state index in [0.29, 0.717) is 0 Å². The molecule has 0 amide bonds. The second-order valence-electron chi connectivity index (χ2n) is 8.31. The number of aromatic nitrogens is 2. The molecule has 2 nitrogen and oxygen atoms in total. The van der Waals surface area contributed by atoms with Crippen LogP contribution in [0.3, 0.4) is 0 Å². The molecule has 2 heterocycles. The lowest BCUT2D eigenvalue weighted by Gasteiger charge is -2.16. The number of hydrogen-bond acceptors (Lipinski definition) is 4. The van der Waals surface area contributed by atoms with Gasteiger partial charge in [-0.1, -0.05) is 55.4 Å². The third-order valence-electron chi connectivity index (χ3n) is 3.86. The third-order valence-corrected chi connectivity index (χ3v) is 7.00. The van der Waals surface area contributed by atoms with E-state index >= 15 is 0 Å². The fraction of sp³-hybridized carbons (Fsp3) is 0.700. The zero-order valence-corrected chi connectivity index (χ0v) is 18.8. The maximum atomic E-state index is 4.51. The zero-order valence-electron chi connectivity index (χ0n) is 17.1. The Morgan fingerprint density at radius 2 is 1.38 bits per heavy atom. The van der Waals surface area contributed by atoms with Gasteiger partial charge < -0.3 is 0 Å². The van der Waals surface area contributed by atoms with Crippen LogP contribution in [0.4, 0.5) is 0 Å². The fourth-order valence-corrected chi connectivity index (χ4v) is 4.76. The lowest BCUT2D eigenvalue weighted by atomic mass is 9.91. The summed E-state index contributed by atoms with van der Waals surface area (Å²) in [4.78, 5) is 7.37. The first-order valence-corrected chi connectivity index (χ1v) is 10.4. The van der Waals surface area contributed by atoms with Gasteiger partial charge in [0, 0.05) is 9.75 Å². The Kier molecular flexibility index (Phi) is 7.18. The van der Waals surface area contributed by atoms with Gasteiger partial charge in [0.25, 0.3) is 0 Å². The van der Waals surface area contributed by atoms with Gasteiger partial charge in [-0.3, -0.25) is 0 Å². The Bertz CT molecular complexity index is 640. The van der Waals surface area contributed by atoms with Crippen LogP contribution in [0.15, 0.2) is 0 Å². The summed E-state index contributed by atoms with van der Waals surface area (Å²) >= 11 is 3.51. The molecule has 0 aromatic carbocycles. The highest BCUT2D eigenvalue weighted by Crippen LogP contribution is 2.31. The van der Waals surface area contributed by atoms with Crippen molar-refractivity contribution in [3.8, 4) is 0 Å². The van der Waals surface area contributed by atoms with Gasteiger partial charge in [-0.15, -0.1) is 11.3 Å². The van der Waals surface area contributed by atoms with Crippen molar-refractivity contribution in [1.29, 1.82) is 0 Å². The van der Waals surface area contributed by atoms with Crippen molar-refractivity contribution < 1.29 is 0 Å². The monoisotopic (exact) mass is 366 g/mol. The quantitative estimate of drug-likeness (QED) is 0.596. The highest BCUT2D eigenvalue weighted by molar-refractivity contribution is 7.11. The molecular weight excluding hydrogens is 332 g/mol. The summed E-state index contributed by atoms with van der Waals surface area (Å²) in [6.45, 7) is 22.1. The summed E-state index contributed by atoms with van der Waals surface area (Å²) in [6, 6.07) is 0. The van der Waals surface area contributed by atoms with Gasteiger partial charge in [0.05, 0.1) is 16.4 Å². The SMILES string of the molecule is CCc1nc(C)c(C(C)(C)C)s1.CCc1nsc(C(C)(C)C)c1C. The molecule has 2 rings (SSSR count). The molecule has 0 N–H and O–H groups in total. The predicted molar refractivity (Wildman–Crippen MR) is 110 cm³/mol. The molecule has 0 spiro atoms. The van der Waals surface area contributed by atoms with Crippen LogP contribution in [0.5, 0.6) is 0 Å². The normalized spacial score (nSPS) is 12.1. The molecule has 24 heavy (non-hydrogen) atoms. The van der Waals surface area contributed by atoms with Gasteiger partial charge in [-0.25, -0.2) is 4.98 Å². The molecule has 0 saturated heterocycles. The first-order valence-electron chi connectivity index (χ1n) is 8.84. The summed E-state index contributed by atoms with van der Waals surface area (Å²) in [5.41, 5.74) is 4.40. The number of nitrogens with zero attached hydrogens (tertiary/aromatic N) is 2. The zero-order chi connectivity index (χ0) is 18.7. The van der Waals surface area contributed by atoms with E-state index in [1.807, 2.05) is 11.3 Å². The van der Waals surface area contributed by atoms with Crippen molar-refractivity contribution in [2.24, 2.45) is 0 Å². The highest BCUT2D eigenvalue weighted by Gasteiger charge is 2.21. The summed E-state index contributed by atoms with van der Waals surface area (Å²) in [6.07, 6.45) is 2.11. The van der Waals surface area contributed by atoms with Crippen LogP contribution >= 0.6 is 22.9 Å². The number of aryl methyl sites for hydroxylation is 3. The van der Waals surface area contributed by atoms with Crippen molar-refractivity contribution in [3.63, 3.8) is 0 Å². The van der Waals surface area contributed by atoms with Crippen LogP contribution in [0.1, 0.15) is 87.1 Å². The Hall–Kier alpha value is -0.740. The van der Waals surface area contributed by atoms with Gasteiger partial charge in [0.1, 0.15) is 0 Å². The molecule has 0 atom stereocenters. The molecule has 0 aliphatic heterocycles. The second-order valence-corrected chi connectivity index (χ2v) is 10.2. The van der Waals surface area contributed by atoms with Crippen LogP contribution in [0.25, 0.3) is 0 Å². The average molecular weight is 367 g/mol. The minimum Gasteiger partial charge on any atom is -0.246 e. The molecule has 0 unspecified atom stereocenters. The van der Waals surface area contributed by atoms with Crippen molar-refractivity contribution in [2.75, 3.05) is 0 Å². The van der Waals surface area contributed by atoms with Gasteiger partial charge in [0.2, 0.25) is 0 Å². The molecular formula is C20H34N2S2. The van der Waals surface area contributed by atoms with Crippen molar-refractivity contribution >= 4 is 22.9 Å². The minimum absolute atomic E-state index is 0.259. The third kappa shape index (κ3) is 5.38. The van der Waals surface area contributed by atoms with Crippen LogP contribution in [0.2, 0.25) is 0 Å². The van der Waals surface area contributed by atoms with Crippen molar-refractivity contribution in [3.05, 3.63) is 31.7 Å². The Labute approximate surface area is 156 Å². The molecule has 2 aromatic heterocycles. The van der Waals surface area contributed by atoms with E-state index in [4.69, 9.17) is 0 Å². The summed E-state index contributed by atoms with van der Waals surface area (Å²) < 4.78 is 4.44. The van der Waals surface area contributed by atoms with Crippen molar-refractivity contribution in [1.82, 2.24) is 9.36 Å². The molecule has 0 fully saturated rings. The summed E-state index contributed by atoms with van der Waals surface area (Å²) in [7, 11) is 0. The van der Waals surface area contributed by atoms with E-state index < -0.39 is 0 Å². The first-order chi connectivity index (χ1) is 10.9. The van der Waals surface area contributed by atoms with E-state index in [0.717, 1.165) is 12.8 Å². The molecule has 2 aromatic rings. The van der Waals surface area contributed by atoms with Gasteiger partial charge in [0.15, 0.2) is 0 Å². The van der Waals surface area contributed by atoms with Crippen molar-refractivity contribution in [2.45, 2.75) is 92.9 Å². The number of thiazole rings is 1. The molecule has 0 aliphatic rings. The molecule has 0 bridgehead atoms. The van der Waals surface area contributed by atoms with Crippen LogP contribution < -0.4 is 0 Å². The van der Waals surface area contributed by atoms with Crippen LogP contribution in [-0.2, 0) is 23.7 Å². The smallest absolute Gasteiger partial charge is 0.0928 e. The lowest BCUT2D eigenvalue weighted by molar-refractivity contribution is 0.598. The maximum Gasteiger partial charge on any atom is 0.0928 e. The highest BCUT2D eigenvalue weighted by atomic mass is 32.1. The van der Waals surface area contributed by atoms with E-state index in [1.54, 1.807) is 11.5 Å². The molecule has 0 saturated carbocycles. The van der Waals surface area contributed by atoms with E-state index in [9.17, 15) is 0 Å². The molecule has 136 valence electrons. The maximum absolute atomic E-state index is 4.51. The fourth-order valence-electron chi connectivity index (χ4n) is 2.70. The molecule has 4 heteroatoms. The van der Waals surface area contributed by atoms with Crippen LogP contribution in [0, 0.1) is 13.8 Å². The van der Waals surface area contributed by atoms with Gasteiger partial charge in [-0.05, 0) is 54.6 Å². The average Bonchev–Trinajstić information content (AvgIpc) is 3.01. The largest absolute Gasteiger partial charge is 0.246 e. The molecule has 0 radical (unpaired) electrons. The Balaban J connectivity index is 0.000000240. The minimum atomic E-state index is 0.259. The number of rotatable bonds is 2. The van der Waals surface area contributed by atoms with E-state index in [1.165, 1.54) is 31.7 Å². The second kappa shape index (κ2) is 8.09. The predicted octanol–water partition coefficient (Wildman–Crippen LogP) is 6.62. The Morgan fingerprint density at radius 3 is 1.62 bits per heavy atom. The Morgan fingerprint density at radius 1 is 0.833 bits per heavy atom. The summed E-state index contributed by atoms with van der Waals surface area (Å²) in [5, 5.41) is 1.26. The van der Waals surface area contributed by atoms with E-state index in [2.05, 4.69) is 78.6 Å². The van der Waals surface area contributed by atoms with E-state index in [-0.39, 0.29) is 10.8 Å². The standard InChI is InChI=1S/2C10H17NS/c1-6-8-11-7(2)9(12-8)10(3,4)5;1-6-8-7(2)9(12-11-8)10(3,4)5/h2*6H2,1-5H3. The molecule has 0 aliphatic carbocycles. The number of hydrogen-bond donors (Lipinski definition) is 0. The lowest BCUT2D eigenvalue weighted by Crippen LogP contribution is -2.10. The van der Waals surface area contributed by atoms with Gasteiger partial charge in [-0.2, -0.15) is 4.37 Å². The topological polar surface area (TPSA) is 25.8 Å². The van der Waals surface area contributed by atoms with Crippen LogP contribution in [-0.4, -0.2) is 9.36 Å². The van der Waals surface area contributed by atoms with Gasteiger partial charge >= 0.3 is 0 Å².